The molecule has 1 aromatic rings. The van der Waals surface area contributed by atoms with E-state index in [0.717, 1.165) is 12.8 Å². The fourth-order valence-electron chi connectivity index (χ4n) is 2.97. The fourth-order valence-corrected chi connectivity index (χ4v) is 2.97. The van der Waals surface area contributed by atoms with Gasteiger partial charge in [-0.05, 0) is 25.0 Å². The molecule has 2 N–H and O–H groups in total. The first-order chi connectivity index (χ1) is 13.9. The summed E-state index contributed by atoms with van der Waals surface area (Å²) < 4.78 is 15.4. The van der Waals surface area contributed by atoms with E-state index in [2.05, 4.69) is 10.6 Å². The van der Waals surface area contributed by atoms with Crippen LogP contribution >= 0.6 is 0 Å². The van der Waals surface area contributed by atoms with E-state index in [4.69, 9.17) is 14.2 Å². The molecule has 1 heterocycles. The summed E-state index contributed by atoms with van der Waals surface area (Å²) >= 11 is 0. The Morgan fingerprint density at radius 3 is 2.59 bits per heavy atom. The lowest BCUT2D eigenvalue weighted by molar-refractivity contribution is -0.152. The predicted molar refractivity (Wildman–Crippen MR) is 101 cm³/mol. The molecular weight excluding hydrogens is 382 g/mol. The number of carbonyl (C=O) groups is 4. The van der Waals surface area contributed by atoms with Crippen molar-refractivity contribution in [3.63, 3.8) is 0 Å². The smallest absolute Gasteiger partial charge is 0.321 e. The van der Waals surface area contributed by atoms with Crippen LogP contribution in [0.3, 0.4) is 0 Å². The average Bonchev–Trinajstić information content (AvgIpc) is 3.43. The second-order valence-electron chi connectivity index (χ2n) is 6.85. The summed E-state index contributed by atoms with van der Waals surface area (Å²) in [6.45, 7) is -0.488. The molecule has 10 heteroatoms. The van der Waals surface area contributed by atoms with Gasteiger partial charge in [-0.25, -0.2) is 4.79 Å². The summed E-state index contributed by atoms with van der Waals surface area (Å²) in [7, 11) is 3.00. The third kappa shape index (κ3) is 5.15. The molecular formula is C19H23N3O7. The van der Waals surface area contributed by atoms with Gasteiger partial charge >= 0.3 is 12.0 Å². The molecule has 4 amide bonds. The van der Waals surface area contributed by atoms with Crippen molar-refractivity contribution in [3.8, 4) is 11.5 Å². The number of amides is 4. The van der Waals surface area contributed by atoms with Gasteiger partial charge in [0.05, 0.1) is 25.8 Å². The lowest BCUT2D eigenvalue weighted by atomic mass is 10.1. The van der Waals surface area contributed by atoms with Crippen LogP contribution in [0.4, 0.5) is 10.5 Å². The standard InChI is InChI=1S/C19H23N3O7/c1-27-13-5-6-14(15(8-13)28-2)22-9-11(7-17(22)24)18(25)29-10-16(23)21-19(26)20-12-3-4-12/h5-6,8,11-12H,3-4,7,9-10H2,1-2H3,(H2,20,21,23,26)/t11-/m1/s1. The molecule has 2 fully saturated rings. The summed E-state index contributed by atoms with van der Waals surface area (Å²) in [4.78, 5) is 49.3. The van der Waals surface area contributed by atoms with E-state index in [0.29, 0.717) is 17.2 Å². The topological polar surface area (TPSA) is 123 Å². The van der Waals surface area contributed by atoms with E-state index in [9.17, 15) is 19.2 Å². The Labute approximate surface area is 167 Å². The number of nitrogens with zero attached hydrogens (tertiary/aromatic N) is 1. The Kier molecular flexibility index (Phi) is 6.20. The number of esters is 1. The van der Waals surface area contributed by atoms with Crippen LogP contribution in [-0.4, -0.2) is 57.2 Å². The zero-order chi connectivity index (χ0) is 21.0. The minimum Gasteiger partial charge on any atom is -0.497 e. The van der Waals surface area contributed by atoms with Gasteiger partial charge in [-0.1, -0.05) is 0 Å². The number of anilines is 1. The number of carbonyl (C=O) groups excluding carboxylic acids is 4. The number of ether oxygens (including phenoxy) is 3. The van der Waals surface area contributed by atoms with Crippen molar-refractivity contribution in [2.75, 3.05) is 32.3 Å². The number of hydrogen-bond donors (Lipinski definition) is 2. The van der Waals surface area contributed by atoms with E-state index in [1.807, 2.05) is 0 Å². The molecule has 1 aliphatic carbocycles. The van der Waals surface area contributed by atoms with Gasteiger partial charge in [0.25, 0.3) is 5.91 Å². The lowest BCUT2D eigenvalue weighted by Crippen LogP contribution is -2.42. The highest BCUT2D eigenvalue weighted by Crippen LogP contribution is 2.36. The van der Waals surface area contributed by atoms with Crippen LogP contribution in [0.25, 0.3) is 0 Å². The highest BCUT2D eigenvalue weighted by atomic mass is 16.5. The largest absolute Gasteiger partial charge is 0.497 e. The van der Waals surface area contributed by atoms with Crippen LogP contribution in [0.15, 0.2) is 18.2 Å². The van der Waals surface area contributed by atoms with Crippen LogP contribution in [0.2, 0.25) is 0 Å². The third-order valence-corrected chi connectivity index (χ3v) is 4.65. The van der Waals surface area contributed by atoms with Crippen molar-refractivity contribution in [1.82, 2.24) is 10.6 Å². The first-order valence-electron chi connectivity index (χ1n) is 9.20. The molecule has 0 bridgehead atoms. The van der Waals surface area contributed by atoms with Crippen LogP contribution in [0.5, 0.6) is 11.5 Å². The molecule has 1 saturated heterocycles. The highest BCUT2D eigenvalue weighted by Gasteiger charge is 2.37. The number of methoxy groups -OCH3 is 2. The van der Waals surface area contributed by atoms with Gasteiger partial charge in [0.2, 0.25) is 5.91 Å². The molecule has 10 nitrogen and oxygen atoms in total. The van der Waals surface area contributed by atoms with Gasteiger partial charge in [-0.2, -0.15) is 0 Å². The Morgan fingerprint density at radius 2 is 1.93 bits per heavy atom. The maximum atomic E-state index is 12.4. The van der Waals surface area contributed by atoms with E-state index in [-0.39, 0.29) is 24.9 Å². The fraction of sp³-hybridized carbons (Fsp3) is 0.474. The lowest BCUT2D eigenvalue weighted by Gasteiger charge is -2.20. The first kappa shape index (κ1) is 20.4. The summed E-state index contributed by atoms with van der Waals surface area (Å²) in [5.41, 5.74) is 0.517. The highest BCUT2D eigenvalue weighted by molar-refractivity contribution is 6.01. The van der Waals surface area contributed by atoms with Crippen molar-refractivity contribution in [1.29, 1.82) is 0 Å². The second-order valence-corrected chi connectivity index (χ2v) is 6.85. The van der Waals surface area contributed by atoms with E-state index < -0.39 is 30.4 Å². The number of nitrogens with one attached hydrogen (secondary N) is 2. The predicted octanol–water partition coefficient (Wildman–Crippen LogP) is 0.588. The molecule has 156 valence electrons. The number of imide groups is 1. The van der Waals surface area contributed by atoms with Crippen LogP contribution in [-0.2, 0) is 19.1 Å². The third-order valence-electron chi connectivity index (χ3n) is 4.65. The van der Waals surface area contributed by atoms with Gasteiger partial charge in [-0.15, -0.1) is 0 Å². The van der Waals surface area contributed by atoms with Gasteiger partial charge in [0.1, 0.15) is 11.5 Å². The molecule has 1 atom stereocenters. The van der Waals surface area contributed by atoms with Crippen LogP contribution in [0.1, 0.15) is 19.3 Å². The molecule has 2 aliphatic rings. The average molecular weight is 405 g/mol. The molecule has 1 saturated carbocycles. The molecule has 0 aromatic heterocycles. The summed E-state index contributed by atoms with van der Waals surface area (Å²) in [6.07, 6.45) is 1.74. The quantitative estimate of drug-likeness (QED) is 0.636. The Bertz CT molecular complexity index is 822. The number of benzene rings is 1. The molecule has 29 heavy (non-hydrogen) atoms. The summed E-state index contributed by atoms with van der Waals surface area (Å²) in [5, 5.41) is 4.69. The monoisotopic (exact) mass is 405 g/mol. The van der Waals surface area contributed by atoms with E-state index >= 15 is 0 Å². The van der Waals surface area contributed by atoms with Gasteiger partial charge < -0.3 is 24.4 Å². The van der Waals surface area contributed by atoms with E-state index in [1.54, 1.807) is 18.2 Å². The normalized spacial score (nSPS) is 18.2. The molecule has 3 rings (SSSR count). The molecule has 0 spiro atoms. The second kappa shape index (κ2) is 8.80. The Hall–Kier alpha value is -3.30. The van der Waals surface area contributed by atoms with Gasteiger partial charge in [0.15, 0.2) is 6.61 Å². The zero-order valence-electron chi connectivity index (χ0n) is 16.2. The minimum atomic E-state index is -0.727. The zero-order valence-corrected chi connectivity index (χ0v) is 16.2. The number of rotatable bonds is 7. The van der Waals surface area contributed by atoms with Crippen molar-refractivity contribution in [3.05, 3.63) is 18.2 Å². The van der Waals surface area contributed by atoms with Crippen molar-refractivity contribution in [2.45, 2.75) is 25.3 Å². The van der Waals surface area contributed by atoms with Gasteiger partial charge in [0, 0.05) is 25.1 Å². The van der Waals surface area contributed by atoms with Crippen LogP contribution in [0, 0.1) is 5.92 Å². The summed E-state index contributed by atoms with van der Waals surface area (Å²) in [6, 6.07) is 4.51. The van der Waals surface area contributed by atoms with Crippen LogP contribution < -0.4 is 25.0 Å². The van der Waals surface area contributed by atoms with Crippen molar-refractivity contribution < 1.29 is 33.4 Å². The Balaban J connectivity index is 1.53. The molecule has 1 aromatic carbocycles. The molecule has 0 unspecified atom stereocenters. The maximum absolute atomic E-state index is 12.4. The molecule has 0 radical (unpaired) electrons. The molecule has 1 aliphatic heterocycles. The first-order valence-corrected chi connectivity index (χ1v) is 9.20. The number of hydrogen-bond acceptors (Lipinski definition) is 7. The minimum absolute atomic E-state index is 0.0438. The van der Waals surface area contributed by atoms with Crippen molar-refractivity contribution >= 4 is 29.5 Å². The van der Waals surface area contributed by atoms with Crippen molar-refractivity contribution in [2.24, 2.45) is 5.92 Å². The van der Waals surface area contributed by atoms with E-state index in [1.165, 1.54) is 19.1 Å². The SMILES string of the molecule is COc1ccc(N2C[C@H](C(=O)OCC(=O)NC(=O)NC3CC3)CC2=O)c(OC)c1. The summed E-state index contributed by atoms with van der Waals surface area (Å²) in [5.74, 6) is -1.37. The number of urea groups is 1. The van der Waals surface area contributed by atoms with Gasteiger partial charge in [-0.3, -0.25) is 19.7 Å². The Morgan fingerprint density at radius 1 is 1.17 bits per heavy atom. The maximum Gasteiger partial charge on any atom is 0.321 e.